The molecule has 3 N–H and O–H groups in total. The Morgan fingerprint density at radius 1 is 1.16 bits per heavy atom. The van der Waals surface area contributed by atoms with E-state index in [4.69, 9.17) is 10.6 Å². The van der Waals surface area contributed by atoms with E-state index < -0.39 is 0 Å². The van der Waals surface area contributed by atoms with Crippen LogP contribution in [0.1, 0.15) is 5.56 Å². The molecule has 5 heteroatoms. The molecule has 0 aliphatic carbocycles. The summed E-state index contributed by atoms with van der Waals surface area (Å²) in [5.41, 5.74) is 4.60. The largest absolute Gasteiger partial charge is 0.489 e. The number of benzene rings is 2. The van der Waals surface area contributed by atoms with Gasteiger partial charge >= 0.3 is 0 Å². The van der Waals surface area contributed by atoms with E-state index in [1.165, 1.54) is 11.3 Å². The Morgan fingerprint density at radius 3 is 2.79 bits per heavy atom. The number of hydrazine groups is 1. The molecule has 0 aliphatic rings. The molecule has 0 unspecified atom stereocenters. The first-order valence-corrected chi connectivity index (χ1v) is 6.71. The van der Waals surface area contributed by atoms with Crippen molar-refractivity contribution >= 4 is 26.7 Å². The number of fused-ring (bicyclic) bond motifs is 1. The molecular formula is C14H13N3OS. The first-order valence-electron chi connectivity index (χ1n) is 5.89. The maximum atomic E-state index is 5.76. The summed E-state index contributed by atoms with van der Waals surface area (Å²) in [6.45, 7) is 0.554. The zero-order valence-corrected chi connectivity index (χ0v) is 11.0. The maximum Gasteiger partial charge on any atom is 0.198 e. The molecule has 0 radical (unpaired) electrons. The van der Waals surface area contributed by atoms with Gasteiger partial charge in [0.1, 0.15) is 12.4 Å². The van der Waals surface area contributed by atoms with E-state index >= 15 is 0 Å². The molecule has 2 aromatic carbocycles. The minimum absolute atomic E-state index is 0.554. The van der Waals surface area contributed by atoms with Crippen LogP contribution in [0.5, 0.6) is 5.75 Å². The van der Waals surface area contributed by atoms with Crippen LogP contribution >= 0.6 is 11.3 Å². The topological polar surface area (TPSA) is 60.2 Å². The van der Waals surface area contributed by atoms with Crippen LogP contribution in [-0.4, -0.2) is 4.98 Å². The number of thiazole rings is 1. The molecular weight excluding hydrogens is 258 g/mol. The number of hydrogen-bond donors (Lipinski definition) is 2. The normalized spacial score (nSPS) is 10.6. The Kier molecular flexibility index (Phi) is 3.31. The van der Waals surface area contributed by atoms with Gasteiger partial charge in [0.05, 0.1) is 10.2 Å². The van der Waals surface area contributed by atoms with Crippen molar-refractivity contribution in [2.24, 2.45) is 5.84 Å². The van der Waals surface area contributed by atoms with Crippen LogP contribution in [0.2, 0.25) is 0 Å². The zero-order chi connectivity index (χ0) is 13.1. The Balaban J connectivity index is 1.78. The van der Waals surface area contributed by atoms with Crippen LogP contribution in [-0.2, 0) is 6.61 Å². The molecule has 0 saturated carbocycles. The summed E-state index contributed by atoms with van der Waals surface area (Å²) >= 11 is 1.52. The number of ether oxygens (including phenoxy) is 1. The first kappa shape index (κ1) is 12.0. The monoisotopic (exact) mass is 271 g/mol. The van der Waals surface area contributed by atoms with Crippen LogP contribution in [0.3, 0.4) is 0 Å². The summed E-state index contributed by atoms with van der Waals surface area (Å²) in [5.74, 6) is 6.16. The van der Waals surface area contributed by atoms with Gasteiger partial charge in [0, 0.05) is 6.07 Å². The SMILES string of the molecule is NNc1nc2cc(OCc3ccccc3)ccc2s1. The number of nitrogen functional groups attached to an aromatic ring is 1. The summed E-state index contributed by atoms with van der Waals surface area (Å²) < 4.78 is 6.84. The highest BCUT2D eigenvalue weighted by molar-refractivity contribution is 7.22. The van der Waals surface area contributed by atoms with Gasteiger partial charge in [-0.05, 0) is 17.7 Å². The second-order valence-electron chi connectivity index (χ2n) is 4.07. The summed E-state index contributed by atoms with van der Waals surface area (Å²) in [7, 11) is 0. The van der Waals surface area contributed by atoms with Crippen LogP contribution in [0.4, 0.5) is 5.13 Å². The quantitative estimate of drug-likeness (QED) is 0.565. The Morgan fingerprint density at radius 2 is 2.00 bits per heavy atom. The number of nitrogens with two attached hydrogens (primary N) is 1. The van der Waals surface area contributed by atoms with Crippen molar-refractivity contribution < 1.29 is 4.74 Å². The molecule has 4 nitrogen and oxygen atoms in total. The van der Waals surface area contributed by atoms with Crippen molar-refractivity contribution in [3.05, 3.63) is 54.1 Å². The Labute approximate surface area is 114 Å². The average Bonchev–Trinajstić information content (AvgIpc) is 2.88. The fourth-order valence-corrected chi connectivity index (χ4v) is 2.56. The molecule has 0 fully saturated rings. The highest BCUT2D eigenvalue weighted by Crippen LogP contribution is 2.28. The third-order valence-corrected chi connectivity index (χ3v) is 3.70. The first-order chi connectivity index (χ1) is 9.35. The van der Waals surface area contributed by atoms with Crippen molar-refractivity contribution in [2.45, 2.75) is 6.61 Å². The number of anilines is 1. The fraction of sp³-hybridized carbons (Fsp3) is 0.0714. The van der Waals surface area contributed by atoms with Gasteiger partial charge in [-0.15, -0.1) is 0 Å². The van der Waals surface area contributed by atoms with Gasteiger partial charge < -0.3 is 4.74 Å². The van der Waals surface area contributed by atoms with E-state index in [1.54, 1.807) is 0 Å². The van der Waals surface area contributed by atoms with Gasteiger partial charge in [-0.25, -0.2) is 10.8 Å². The molecule has 1 heterocycles. The van der Waals surface area contributed by atoms with Crippen LogP contribution in [0.25, 0.3) is 10.2 Å². The Bertz CT molecular complexity index is 681. The van der Waals surface area contributed by atoms with E-state index in [1.807, 2.05) is 48.5 Å². The highest BCUT2D eigenvalue weighted by atomic mass is 32.1. The molecule has 0 spiro atoms. The van der Waals surface area contributed by atoms with Gasteiger partial charge in [0.2, 0.25) is 0 Å². The summed E-state index contributed by atoms with van der Waals surface area (Å²) in [4.78, 5) is 4.35. The molecule has 0 amide bonds. The van der Waals surface area contributed by atoms with Crippen LogP contribution < -0.4 is 16.0 Å². The van der Waals surface area contributed by atoms with Gasteiger partial charge in [-0.1, -0.05) is 41.7 Å². The number of hydrogen-bond acceptors (Lipinski definition) is 5. The number of rotatable bonds is 4. The smallest absolute Gasteiger partial charge is 0.198 e. The minimum atomic E-state index is 0.554. The van der Waals surface area contributed by atoms with E-state index in [-0.39, 0.29) is 0 Å². The van der Waals surface area contributed by atoms with Gasteiger partial charge in [0.15, 0.2) is 5.13 Å². The second kappa shape index (κ2) is 5.26. The lowest BCUT2D eigenvalue weighted by atomic mass is 10.2. The standard InChI is InChI=1S/C14H13N3OS/c15-17-14-16-12-8-11(6-7-13(12)19-14)18-9-10-4-2-1-3-5-10/h1-8H,9,15H2,(H,16,17). The molecule has 0 aliphatic heterocycles. The van der Waals surface area contributed by atoms with Crippen molar-refractivity contribution in [1.82, 2.24) is 4.98 Å². The predicted octanol–water partition coefficient (Wildman–Crippen LogP) is 3.16. The molecule has 0 saturated heterocycles. The van der Waals surface area contributed by atoms with E-state index in [0.717, 1.165) is 21.5 Å². The van der Waals surface area contributed by atoms with Crippen molar-refractivity contribution in [1.29, 1.82) is 0 Å². The van der Waals surface area contributed by atoms with Gasteiger partial charge in [-0.2, -0.15) is 0 Å². The lowest BCUT2D eigenvalue weighted by Crippen LogP contribution is -2.05. The molecule has 0 atom stereocenters. The highest BCUT2D eigenvalue weighted by Gasteiger charge is 2.04. The predicted molar refractivity (Wildman–Crippen MR) is 78.2 cm³/mol. The number of nitrogens with zero attached hydrogens (tertiary/aromatic N) is 1. The third-order valence-electron chi connectivity index (χ3n) is 2.73. The van der Waals surface area contributed by atoms with Crippen molar-refractivity contribution in [2.75, 3.05) is 5.43 Å². The number of nitrogens with one attached hydrogen (secondary N) is 1. The van der Waals surface area contributed by atoms with E-state index in [9.17, 15) is 0 Å². The van der Waals surface area contributed by atoms with Crippen LogP contribution in [0, 0.1) is 0 Å². The molecule has 3 aromatic rings. The lowest BCUT2D eigenvalue weighted by Gasteiger charge is -2.05. The molecule has 19 heavy (non-hydrogen) atoms. The average molecular weight is 271 g/mol. The molecule has 0 bridgehead atoms. The fourth-order valence-electron chi connectivity index (χ4n) is 1.80. The zero-order valence-electron chi connectivity index (χ0n) is 10.2. The van der Waals surface area contributed by atoms with Crippen molar-refractivity contribution in [3.63, 3.8) is 0 Å². The van der Waals surface area contributed by atoms with Crippen LogP contribution in [0.15, 0.2) is 48.5 Å². The minimum Gasteiger partial charge on any atom is -0.489 e. The van der Waals surface area contributed by atoms with Gasteiger partial charge in [0.25, 0.3) is 0 Å². The molecule has 1 aromatic heterocycles. The molecule has 96 valence electrons. The lowest BCUT2D eigenvalue weighted by molar-refractivity contribution is 0.306. The summed E-state index contributed by atoms with van der Waals surface area (Å²) in [6.07, 6.45) is 0. The third kappa shape index (κ3) is 2.67. The second-order valence-corrected chi connectivity index (χ2v) is 5.10. The van der Waals surface area contributed by atoms with E-state index in [0.29, 0.717) is 11.7 Å². The van der Waals surface area contributed by atoms with E-state index in [2.05, 4.69) is 10.4 Å². The van der Waals surface area contributed by atoms with Crippen molar-refractivity contribution in [3.8, 4) is 5.75 Å². The molecule has 3 rings (SSSR count). The maximum absolute atomic E-state index is 5.76. The van der Waals surface area contributed by atoms with Gasteiger partial charge in [-0.3, -0.25) is 5.43 Å². The summed E-state index contributed by atoms with van der Waals surface area (Å²) in [5, 5.41) is 0.704. The number of aromatic nitrogens is 1. The Hall–Kier alpha value is -2.11. The summed E-state index contributed by atoms with van der Waals surface area (Å²) in [6, 6.07) is 15.9.